The second kappa shape index (κ2) is 12.5. The molecule has 0 aromatic heterocycles. The Morgan fingerprint density at radius 2 is 1.45 bits per heavy atom. The molecule has 3 aromatic rings. The summed E-state index contributed by atoms with van der Waals surface area (Å²) in [5.74, 6) is 2.07. The molecule has 3 rings (SSSR count). The van der Waals surface area contributed by atoms with Crippen molar-refractivity contribution in [2.24, 2.45) is 0 Å². The molecule has 5 nitrogen and oxygen atoms in total. The molecule has 1 N–H and O–H groups in total. The summed E-state index contributed by atoms with van der Waals surface area (Å²) in [7, 11) is 3.29. The Bertz CT molecular complexity index is 1030. The van der Waals surface area contributed by atoms with E-state index in [1.54, 1.807) is 14.2 Å². The fourth-order valence-corrected chi connectivity index (χ4v) is 3.62. The number of nitrogens with one attached hydrogen (secondary N) is 1. The van der Waals surface area contributed by atoms with Crippen molar-refractivity contribution in [3.63, 3.8) is 0 Å². The summed E-state index contributed by atoms with van der Waals surface area (Å²) in [6.07, 6.45) is 3.87. The van der Waals surface area contributed by atoms with Gasteiger partial charge in [0.25, 0.3) is 5.91 Å². The third-order valence-electron chi connectivity index (χ3n) is 5.57. The van der Waals surface area contributed by atoms with Gasteiger partial charge in [-0.3, -0.25) is 4.79 Å². The van der Waals surface area contributed by atoms with E-state index >= 15 is 0 Å². The van der Waals surface area contributed by atoms with Gasteiger partial charge in [-0.25, -0.2) is 0 Å². The lowest BCUT2D eigenvalue weighted by molar-refractivity contribution is -0.123. The molecule has 0 atom stereocenters. The normalized spacial score (nSPS) is 10.5. The minimum absolute atomic E-state index is 0.00212. The third-order valence-corrected chi connectivity index (χ3v) is 5.57. The number of ether oxygens (including phenoxy) is 3. The number of aryl methyl sites for hydroxylation is 3. The lowest BCUT2D eigenvalue weighted by Crippen LogP contribution is -2.28. The number of carbonyl (C=O) groups excluding carboxylic acids is 1. The van der Waals surface area contributed by atoms with Crippen LogP contribution in [0.1, 0.15) is 35.6 Å². The maximum Gasteiger partial charge on any atom is 0.258 e. The molecule has 0 spiro atoms. The van der Waals surface area contributed by atoms with Crippen LogP contribution in [-0.4, -0.2) is 26.7 Å². The highest BCUT2D eigenvalue weighted by Gasteiger charge is 2.06. The van der Waals surface area contributed by atoms with Gasteiger partial charge in [0.05, 0.1) is 14.2 Å². The lowest BCUT2D eigenvalue weighted by atomic mass is 10.0. The van der Waals surface area contributed by atoms with Gasteiger partial charge in [-0.05, 0) is 72.2 Å². The topological polar surface area (TPSA) is 56.8 Å². The summed E-state index contributed by atoms with van der Waals surface area (Å²) in [6.45, 7) is 2.63. The van der Waals surface area contributed by atoms with Crippen LogP contribution in [0.3, 0.4) is 0 Å². The molecule has 0 bridgehead atoms. The maximum absolute atomic E-state index is 12.2. The van der Waals surface area contributed by atoms with E-state index in [-0.39, 0.29) is 12.5 Å². The summed E-state index contributed by atoms with van der Waals surface area (Å²) in [5, 5.41) is 2.91. The first-order valence-electron chi connectivity index (χ1n) is 11.4. The summed E-state index contributed by atoms with van der Waals surface area (Å²) >= 11 is 0. The average Bonchev–Trinajstić information content (AvgIpc) is 2.86. The van der Waals surface area contributed by atoms with E-state index in [9.17, 15) is 4.79 Å². The summed E-state index contributed by atoms with van der Waals surface area (Å²) < 4.78 is 16.4. The Morgan fingerprint density at radius 1 is 0.788 bits per heavy atom. The highest BCUT2D eigenvalue weighted by atomic mass is 16.5. The van der Waals surface area contributed by atoms with E-state index in [1.165, 1.54) is 16.7 Å². The van der Waals surface area contributed by atoms with E-state index in [0.717, 1.165) is 42.7 Å². The standard InChI is InChI=1S/C28H33NO4/c1-4-21-11-13-24(14-12-21)19-29-28(30)20-33-25-10-6-9-22(17-25)7-5-8-23-15-16-26(31-2)27(18-23)32-3/h6,9-18H,4-5,7-8,19-20H2,1-3H3,(H,29,30). The fraction of sp³-hybridized carbons (Fsp3) is 0.321. The highest BCUT2D eigenvalue weighted by Crippen LogP contribution is 2.28. The van der Waals surface area contributed by atoms with Gasteiger partial charge in [0.15, 0.2) is 18.1 Å². The first kappa shape index (κ1) is 24.2. The van der Waals surface area contributed by atoms with Gasteiger partial charge in [-0.2, -0.15) is 0 Å². The number of rotatable bonds is 12. The van der Waals surface area contributed by atoms with Crippen LogP contribution in [0.5, 0.6) is 17.2 Å². The molecule has 0 aliphatic rings. The third kappa shape index (κ3) is 7.56. The fourth-order valence-electron chi connectivity index (χ4n) is 3.62. The molecule has 174 valence electrons. The quantitative estimate of drug-likeness (QED) is 0.418. The molecule has 33 heavy (non-hydrogen) atoms. The minimum atomic E-state index is -0.131. The maximum atomic E-state index is 12.2. The van der Waals surface area contributed by atoms with Gasteiger partial charge in [0.2, 0.25) is 0 Å². The number of amides is 1. The van der Waals surface area contributed by atoms with Crippen molar-refractivity contribution in [2.45, 2.75) is 39.2 Å². The predicted octanol–water partition coefficient (Wildman–Crippen LogP) is 5.14. The monoisotopic (exact) mass is 447 g/mol. The van der Waals surface area contributed by atoms with Crippen molar-refractivity contribution in [2.75, 3.05) is 20.8 Å². The molecular formula is C28H33NO4. The molecule has 0 aliphatic carbocycles. The number of carbonyl (C=O) groups is 1. The van der Waals surface area contributed by atoms with Crippen LogP contribution < -0.4 is 19.5 Å². The van der Waals surface area contributed by atoms with Crippen molar-refractivity contribution >= 4 is 5.91 Å². The minimum Gasteiger partial charge on any atom is -0.493 e. The first-order chi connectivity index (χ1) is 16.1. The zero-order valence-corrected chi connectivity index (χ0v) is 19.7. The second-order valence-corrected chi connectivity index (χ2v) is 7.93. The lowest BCUT2D eigenvalue weighted by Gasteiger charge is -2.10. The first-order valence-corrected chi connectivity index (χ1v) is 11.4. The summed E-state index contributed by atoms with van der Waals surface area (Å²) in [6, 6.07) is 22.2. The highest BCUT2D eigenvalue weighted by molar-refractivity contribution is 5.77. The Hall–Kier alpha value is -3.47. The van der Waals surface area contributed by atoms with Crippen LogP contribution in [0.2, 0.25) is 0 Å². The van der Waals surface area contributed by atoms with Gasteiger partial charge >= 0.3 is 0 Å². The predicted molar refractivity (Wildman–Crippen MR) is 131 cm³/mol. The van der Waals surface area contributed by atoms with Crippen LogP contribution >= 0.6 is 0 Å². The Morgan fingerprint density at radius 3 is 2.15 bits per heavy atom. The van der Waals surface area contributed by atoms with E-state index in [0.29, 0.717) is 12.3 Å². The van der Waals surface area contributed by atoms with Crippen molar-refractivity contribution < 1.29 is 19.0 Å². The average molecular weight is 448 g/mol. The SMILES string of the molecule is CCc1ccc(CNC(=O)COc2cccc(CCCc3ccc(OC)c(OC)c3)c2)cc1. The molecule has 0 fully saturated rings. The Labute approximate surface area is 196 Å². The van der Waals surface area contributed by atoms with Crippen LogP contribution in [0, 0.1) is 0 Å². The molecule has 1 amide bonds. The Balaban J connectivity index is 1.43. The molecule has 5 heteroatoms. The molecule has 0 aliphatic heterocycles. The van der Waals surface area contributed by atoms with Crippen LogP contribution in [-0.2, 0) is 30.6 Å². The van der Waals surface area contributed by atoms with Gasteiger partial charge in [-0.1, -0.05) is 49.4 Å². The van der Waals surface area contributed by atoms with Crippen molar-refractivity contribution in [3.05, 3.63) is 89.0 Å². The van der Waals surface area contributed by atoms with Crippen molar-refractivity contribution in [3.8, 4) is 17.2 Å². The van der Waals surface area contributed by atoms with Crippen LogP contribution in [0.4, 0.5) is 0 Å². The van der Waals surface area contributed by atoms with E-state index in [1.807, 2.05) is 42.5 Å². The van der Waals surface area contributed by atoms with Crippen LogP contribution in [0.15, 0.2) is 66.7 Å². The van der Waals surface area contributed by atoms with Gasteiger partial charge in [0.1, 0.15) is 5.75 Å². The molecule has 3 aromatic carbocycles. The molecule has 0 radical (unpaired) electrons. The number of hydrogen-bond donors (Lipinski definition) is 1. The zero-order valence-electron chi connectivity index (χ0n) is 19.7. The molecule has 0 heterocycles. The molecule has 0 saturated carbocycles. The number of benzene rings is 3. The van der Waals surface area contributed by atoms with E-state index in [2.05, 4.69) is 36.5 Å². The Kier molecular flexibility index (Phi) is 9.19. The molecular weight excluding hydrogens is 414 g/mol. The van der Waals surface area contributed by atoms with E-state index in [4.69, 9.17) is 14.2 Å². The van der Waals surface area contributed by atoms with Crippen LogP contribution in [0.25, 0.3) is 0 Å². The summed E-state index contributed by atoms with van der Waals surface area (Å²) in [4.78, 5) is 12.2. The smallest absolute Gasteiger partial charge is 0.258 e. The van der Waals surface area contributed by atoms with Gasteiger partial charge in [-0.15, -0.1) is 0 Å². The van der Waals surface area contributed by atoms with Gasteiger partial charge in [0, 0.05) is 6.54 Å². The molecule has 0 unspecified atom stereocenters. The van der Waals surface area contributed by atoms with Crippen molar-refractivity contribution in [1.29, 1.82) is 0 Å². The molecule has 0 saturated heterocycles. The number of methoxy groups -OCH3 is 2. The summed E-state index contributed by atoms with van der Waals surface area (Å²) in [5.41, 5.74) is 4.76. The number of hydrogen-bond acceptors (Lipinski definition) is 4. The second-order valence-electron chi connectivity index (χ2n) is 7.93. The zero-order chi connectivity index (χ0) is 23.5. The van der Waals surface area contributed by atoms with Crippen molar-refractivity contribution in [1.82, 2.24) is 5.32 Å². The van der Waals surface area contributed by atoms with E-state index < -0.39 is 0 Å². The largest absolute Gasteiger partial charge is 0.493 e. The van der Waals surface area contributed by atoms with Gasteiger partial charge < -0.3 is 19.5 Å².